The molecule has 1 rings (SSSR count). The molecule has 0 fully saturated rings. The standard InChI is InChI=1S/C12H18O3/c1-3-10(13)6-4-9-5-7-11(14)12(8-9)15-2/h5,7-8,10,13-14H,3-4,6H2,1-2H3. The first-order chi connectivity index (χ1) is 7.17. The number of methoxy groups -OCH3 is 1. The second-order valence-electron chi connectivity index (χ2n) is 3.61. The van der Waals surface area contributed by atoms with Gasteiger partial charge in [-0.15, -0.1) is 0 Å². The van der Waals surface area contributed by atoms with Gasteiger partial charge in [0.05, 0.1) is 13.2 Å². The molecule has 2 N–H and O–H groups in total. The van der Waals surface area contributed by atoms with Crippen molar-refractivity contribution in [1.82, 2.24) is 0 Å². The molecule has 0 bridgehead atoms. The maximum Gasteiger partial charge on any atom is 0.160 e. The van der Waals surface area contributed by atoms with Gasteiger partial charge in [-0.25, -0.2) is 0 Å². The minimum atomic E-state index is -0.246. The summed E-state index contributed by atoms with van der Waals surface area (Å²) in [6.45, 7) is 1.96. The molecule has 0 spiro atoms. The highest BCUT2D eigenvalue weighted by atomic mass is 16.5. The van der Waals surface area contributed by atoms with E-state index in [1.54, 1.807) is 12.1 Å². The molecule has 1 aromatic rings. The molecule has 1 atom stereocenters. The second kappa shape index (κ2) is 5.61. The van der Waals surface area contributed by atoms with Gasteiger partial charge in [0, 0.05) is 0 Å². The smallest absolute Gasteiger partial charge is 0.160 e. The predicted octanol–water partition coefficient (Wildman–Crippen LogP) is 2.10. The van der Waals surface area contributed by atoms with Crippen LogP contribution in [0.5, 0.6) is 11.5 Å². The lowest BCUT2D eigenvalue weighted by Gasteiger charge is -2.09. The molecule has 0 aliphatic heterocycles. The molecule has 0 saturated heterocycles. The summed E-state index contributed by atoms with van der Waals surface area (Å²) >= 11 is 0. The van der Waals surface area contributed by atoms with Crippen molar-refractivity contribution in [3.8, 4) is 11.5 Å². The van der Waals surface area contributed by atoms with E-state index in [1.807, 2.05) is 13.0 Å². The Morgan fingerprint density at radius 2 is 2.13 bits per heavy atom. The number of aryl methyl sites for hydroxylation is 1. The van der Waals surface area contributed by atoms with Gasteiger partial charge in [0.2, 0.25) is 0 Å². The zero-order valence-corrected chi connectivity index (χ0v) is 9.23. The summed E-state index contributed by atoms with van der Waals surface area (Å²) in [5.74, 6) is 0.635. The van der Waals surface area contributed by atoms with E-state index in [-0.39, 0.29) is 11.9 Å². The normalized spacial score (nSPS) is 12.5. The van der Waals surface area contributed by atoms with Gasteiger partial charge in [0.1, 0.15) is 0 Å². The van der Waals surface area contributed by atoms with Crippen LogP contribution in [0.1, 0.15) is 25.3 Å². The molecule has 15 heavy (non-hydrogen) atoms. The molecule has 0 aliphatic rings. The molecular formula is C12H18O3. The van der Waals surface area contributed by atoms with E-state index < -0.39 is 0 Å². The Balaban J connectivity index is 2.62. The van der Waals surface area contributed by atoms with E-state index in [2.05, 4.69) is 0 Å². The third kappa shape index (κ3) is 3.44. The molecule has 3 heteroatoms. The molecule has 1 unspecified atom stereocenters. The largest absolute Gasteiger partial charge is 0.504 e. The van der Waals surface area contributed by atoms with E-state index in [0.717, 1.165) is 24.8 Å². The molecule has 0 aliphatic carbocycles. The van der Waals surface area contributed by atoms with Crippen LogP contribution in [0.3, 0.4) is 0 Å². The average Bonchev–Trinajstić information content (AvgIpc) is 2.27. The number of rotatable bonds is 5. The molecule has 0 saturated carbocycles. The summed E-state index contributed by atoms with van der Waals surface area (Å²) in [5.41, 5.74) is 1.07. The van der Waals surface area contributed by atoms with E-state index in [0.29, 0.717) is 5.75 Å². The Bertz CT molecular complexity index is 310. The van der Waals surface area contributed by atoms with Crippen LogP contribution >= 0.6 is 0 Å². The van der Waals surface area contributed by atoms with Crippen molar-refractivity contribution in [2.24, 2.45) is 0 Å². The molecule has 0 heterocycles. The van der Waals surface area contributed by atoms with Crippen LogP contribution in [0.2, 0.25) is 0 Å². The molecule has 1 aromatic carbocycles. The van der Waals surface area contributed by atoms with E-state index in [1.165, 1.54) is 7.11 Å². The minimum absolute atomic E-state index is 0.150. The summed E-state index contributed by atoms with van der Waals surface area (Å²) in [6.07, 6.45) is 2.07. The van der Waals surface area contributed by atoms with Crippen LogP contribution in [0, 0.1) is 0 Å². The maximum absolute atomic E-state index is 9.42. The van der Waals surface area contributed by atoms with Gasteiger partial charge in [-0.3, -0.25) is 0 Å². The third-order valence-corrected chi connectivity index (χ3v) is 2.48. The Morgan fingerprint density at radius 3 is 2.73 bits per heavy atom. The summed E-state index contributed by atoms with van der Waals surface area (Å²) in [4.78, 5) is 0. The van der Waals surface area contributed by atoms with Gasteiger partial charge in [-0.05, 0) is 37.0 Å². The molecule has 84 valence electrons. The summed E-state index contributed by atoms with van der Waals surface area (Å²) < 4.78 is 5.01. The first-order valence-corrected chi connectivity index (χ1v) is 5.21. The molecule has 3 nitrogen and oxygen atoms in total. The molecular weight excluding hydrogens is 192 g/mol. The lowest BCUT2D eigenvalue weighted by Crippen LogP contribution is -2.05. The summed E-state index contributed by atoms with van der Waals surface area (Å²) in [7, 11) is 1.53. The van der Waals surface area contributed by atoms with Gasteiger partial charge in [0.25, 0.3) is 0 Å². The highest BCUT2D eigenvalue weighted by Crippen LogP contribution is 2.26. The number of hydrogen-bond donors (Lipinski definition) is 2. The third-order valence-electron chi connectivity index (χ3n) is 2.48. The number of aliphatic hydroxyl groups is 1. The van der Waals surface area contributed by atoms with Crippen LogP contribution in [-0.2, 0) is 6.42 Å². The fraction of sp³-hybridized carbons (Fsp3) is 0.500. The number of ether oxygens (including phenoxy) is 1. The Kier molecular flexibility index (Phi) is 4.43. The Hall–Kier alpha value is -1.22. The zero-order chi connectivity index (χ0) is 11.3. The summed E-state index contributed by atoms with van der Waals surface area (Å²) in [5, 5.41) is 18.8. The van der Waals surface area contributed by atoms with Crippen molar-refractivity contribution >= 4 is 0 Å². The first kappa shape index (κ1) is 11.9. The monoisotopic (exact) mass is 210 g/mol. The second-order valence-corrected chi connectivity index (χ2v) is 3.61. The number of phenols is 1. The van der Waals surface area contributed by atoms with Crippen LogP contribution in [-0.4, -0.2) is 23.4 Å². The van der Waals surface area contributed by atoms with Crippen molar-refractivity contribution in [2.45, 2.75) is 32.3 Å². The van der Waals surface area contributed by atoms with Crippen LogP contribution in [0.4, 0.5) is 0 Å². The lowest BCUT2D eigenvalue weighted by atomic mass is 10.1. The minimum Gasteiger partial charge on any atom is -0.504 e. The van der Waals surface area contributed by atoms with Crippen LogP contribution in [0.15, 0.2) is 18.2 Å². The first-order valence-electron chi connectivity index (χ1n) is 5.21. The topological polar surface area (TPSA) is 49.7 Å². The van der Waals surface area contributed by atoms with Gasteiger partial charge in [0.15, 0.2) is 11.5 Å². The zero-order valence-electron chi connectivity index (χ0n) is 9.23. The molecule has 0 amide bonds. The van der Waals surface area contributed by atoms with E-state index in [9.17, 15) is 10.2 Å². The van der Waals surface area contributed by atoms with Gasteiger partial charge < -0.3 is 14.9 Å². The van der Waals surface area contributed by atoms with Gasteiger partial charge >= 0.3 is 0 Å². The predicted molar refractivity (Wildman–Crippen MR) is 59.3 cm³/mol. The SMILES string of the molecule is CCC(O)CCc1ccc(O)c(OC)c1. The van der Waals surface area contributed by atoms with Crippen LogP contribution in [0.25, 0.3) is 0 Å². The highest BCUT2D eigenvalue weighted by Gasteiger charge is 2.05. The number of aliphatic hydroxyl groups excluding tert-OH is 1. The Morgan fingerprint density at radius 1 is 1.40 bits per heavy atom. The number of phenolic OH excluding ortho intramolecular Hbond substituents is 1. The van der Waals surface area contributed by atoms with E-state index in [4.69, 9.17) is 4.74 Å². The van der Waals surface area contributed by atoms with Gasteiger partial charge in [-0.2, -0.15) is 0 Å². The fourth-order valence-corrected chi connectivity index (χ4v) is 1.41. The van der Waals surface area contributed by atoms with E-state index >= 15 is 0 Å². The molecule has 0 radical (unpaired) electrons. The highest BCUT2D eigenvalue weighted by molar-refractivity contribution is 5.41. The number of aromatic hydroxyl groups is 1. The van der Waals surface area contributed by atoms with Crippen molar-refractivity contribution in [3.05, 3.63) is 23.8 Å². The fourth-order valence-electron chi connectivity index (χ4n) is 1.41. The Labute approximate surface area is 90.3 Å². The number of benzene rings is 1. The van der Waals surface area contributed by atoms with Crippen molar-refractivity contribution in [2.75, 3.05) is 7.11 Å². The lowest BCUT2D eigenvalue weighted by molar-refractivity contribution is 0.160. The van der Waals surface area contributed by atoms with Gasteiger partial charge in [-0.1, -0.05) is 13.0 Å². The molecule has 0 aromatic heterocycles. The van der Waals surface area contributed by atoms with Crippen molar-refractivity contribution in [3.63, 3.8) is 0 Å². The summed E-state index contributed by atoms with van der Waals surface area (Å²) in [6, 6.07) is 5.27. The van der Waals surface area contributed by atoms with Crippen molar-refractivity contribution in [1.29, 1.82) is 0 Å². The maximum atomic E-state index is 9.42. The van der Waals surface area contributed by atoms with Crippen LogP contribution < -0.4 is 4.74 Å². The quantitative estimate of drug-likeness (QED) is 0.782. The number of hydrogen-bond acceptors (Lipinski definition) is 3. The van der Waals surface area contributed by atoms with Crippen molar-refractivity contribution < 1.29 is 14.9 Å². The average molecular weight is 210 g/mol.